The highest BCUT2D eigenvalue weighted by Gasteiger charge is 2.26. The predicted octanol–water partition coefficient (Wildman–Crippen LogP) is 3.77. The number of aryl methyl sites for hydroxylation is 1. The van der Waals surface area contributed by atoms with Crippen molar-refractivity contribution in [3.8, 4) is 0 Å². The molecular formula is C54H73N13O14S2. The molecule has 0 aliphatic carbocycles. The number of benzene rings is 2. The van der Waals surface area contributed by atoms with Gasteiger partial charge in [-0.25, -0.2) is 29.5 Å². The van der Waals surface area contributed by atoms with E-state index in [-0.39, 0.29) is 126 Å². The molecule has 2 atom stereocenters. The van der Waals surface area contributed by atoms with E-state index in [0.29, 0.717) is 46.7 Å². The number of nitrogens with two attached hydrogens (primary N) is 1. The minimum atomic E-state index is -1.19. The van der Waals surface area contributed by atoms with Gasteiger partial charge in [-0.05, 0) is 43.2 Å². The van der Waals surface area contributed by atoms with E-state index in [1.165, 1.54) is 27.8 Å². The average molecular weight is 1190 g/mol. The van der Waals surface area contributed by atoms with Gasteiger partial charge in [0.1, 0.15) is 30.8 Å². The number of aromatic nitrogens is 7. The molecule has 6 aromatic rings. The number of anilines is 3. The number of carbonyl (C=O) groups is 5. The molecule has 0 radical (unpaired) electrons. The topological polar surface area (TPSA) is 381 Å². The summed E-state index contributed by atoms with van der Waals surface area (Å²) in [5.74, 6) is -0.900. The standard InChI is InChI=1S/C54H73N13O14S2/c1-4-5-10-41-63-44-46(67(41)31-54(2,3)32-68)38-8-6-7-9-39(38)62-48(44)65-53(76)81-25-26-82-83-30-40(51(74)75)61-43(71)17-19-77-21-23-79-24-22-78-20-18-56-42(70)16-15-36(29-80-33-69)60-49(72)34-11-13-35(14-12-34)57-27-37-28-58-47-45(59-37)50(73)66-52(55)64-47/h6-9,11-14,28,36,40,57,68-69H,4-5,10,15-27,29-33H2,1-3H3,(H,56,70)(H,60,72)(H,61,71)(H,74,75)(H,62,65,76)(H3,55,58,64,66,73)/t36?,40-/m0/s1. The summed E-state index contributed by atoms with van der Waals surface area (Å²) in [6, 6.07) is 12.5. The second-order valence-corrected chi connectivity index (χ2v) is 22.2. The lowest BCUT2D eigenvalue weighted by Gasteiger charge is -2.24. The number of amides is 4. The smallest absolute Gasteiger partial charge is 0.412 e. The lowest BCUT2D eigenvalue weighted by atomic mass is 9.94. The lowest BCUT2D eigenvalue weighted by molar-refractivity contribution is -0.141. The quantitative estimate of drug-likeness (QED) is 0.0150. The SMILES string of the molecule is CCCCc1nc2c(NC(=O)OCCSSC[C@H](NC(=O)CCOCCOCCOCCNC(=O)CCC(COCO)NC(=O)c3ccc(NCc4cnc5nc(N)[nH]c(=O)c5n4)cc3)C(=O)O)nc3ccccc3c2n1CC(C)(C)CO. The van der Waals surface area contributed by atoms with Gasteiger partial charge in [0, 0.05) is 72.5 Å². The number of unbranched alkanes of at least 4 members (excludes halogenated alkanes) is 1. The third-order valence-corrected chi connectivity index (χ3v) is 14.7. The number of carboxylic acid groups (broad SMARTS) is 1. The number of hydrogen-bond donors (Lipinski definition) is 10. The number of nitrogens with zero attached hydrogens (tertiary/aromatic N) is 6. The van der Waals surface area contributed by atoms with Crippen molar-refractivity contribution in [3.05, 3.63) is 82.2 Å². The maximum Gasteiger partial charge on any atom is 0.412 e. The number of pyridine rings is 1. The summed E-state index contributed by atoms with van der Waals surface area (Å²) in [4.78, 5) is 99.7. The first kappa shape index (κ1) is 64.9. The number of fused-ring (bicyclic) bond motifs is 4. The van der Waals surface area contributed by atoms with Crippen LogP contribution in [0.3, 0.4) is 0 Å². The Labute approximate surface area is 486 Å². The number of H-pyrrole nitrogens is 1. The van der Waals surface area contributed by atoms with Gasteiger partial charge >= 0.3 is 12.1 Å². The van der Waals surface area contributed by atoms with Gasteiger partial charge in [0.2, 0.25) is 17.8 Å². The van der Waals surface area contributed by atoms with Crippen molar-refractivity contribution in [2.24, 2.45) is 5.41 Å². The van der Waals surface area contributed by atoms with Crippen molar-refractivity contribution in [1.82, 2.24) is 50.4 Å². The molecule has 11 N–H and O–H groups in total. The number of nitrogen functional groups attached to an aromatic ring is 1. The molecule has 27 nitrogen and oxygen atoms in total. The van der Waals surface area contributed by atoms with Crippen LogP contribution < -0.4 is 37.9 Å². The zero-order chi connectivity index (χ0) is 59.6. The Balaban J connectivity index is 0.774. The fraction of sp³-hybridized carbons (Fsp3) is 0.500. The Kier molecular flexibility index (Phi) is 26.4. The summed E-state index contributed by atoms with van der Waals surface area (Å²) in [6.07, 6.45) is 3.60. The van der Waals surface area contributed by atoms with Crippen LogP contribution in [0.15, 0.2) is 59.5 Å². The van der Waals surface area contributed by atoms with E-state index in [2.05, 4.69) is 58.0 Å². The monoisotopic (exact) mass is 1190 g/mol. The van der Waals surface area contributed by atoms with E-state index in [0.717, 1.165) is 29.6 Å². The summed E-state index contributed by atoms with van der Waals surface area (Å²) in [5.41, 5.74) is 8.36. The maximum atomic E-state index is 13.1. The van der Waals surface area contributed by atoms with E-state index in [1.54, 1.807) is 24.3 Å². The summed E-state index contributed by atoms with van der Waals surface area (Å²) in [6.45, 7) is 7.67. The summed E-state index contributed by atoms with van der Waals surface area (Å²) < 4.78 is 29.2. The van der Waals surface area contributed by atoms with Crippen LogP contribution in [0.1, 0.15) is 74.8 Å². The number of carbonyl (C=O) groups excluding carboxylic acids is 4. The van der Waals surface area contributed by atoms with Crippen LogP contribution in [0.4, 0.5) is 22.2 Å². The molecule has 0 saturated carbocycles. The average Bonchev–Trinajstić information content (AvgIpc) is 2.45. The van der Waals surface area contributed by atoms with Crippen LogP contribution in [-0.2, 0) is 57.6 Å². The van der Waals surface area contributed by atoms with Gasteiger partial charge in [-0.15, -0.1) is 0 Å². The van der Waals surface area contributed by atoms with Gasteiger partial charge in [-0.1, -0.05) is 67.0 Å². The van der Waals surface area contributed by atoms with Crippen LogP contribution in [0.2, 0.25) is 0 Å². The fourth-order valence-corrected chi connectivity index (χ4v) is 10.1. The lowest BCUT2D eigenvalue weighted by Crippen LogP contribution is -2.42. The van der Waals surface area contributed by atoms with Crippen molar-refractivity contribution in [2.75, 3.05) is 101 Å². The zero-order valence-electron chi connectivity index (χ0n) is 46.6. The van der Waals surface area contributed by atoms with E-state index < -0.39 is 53.7 Å². The second kappa shape index (κ2) is 33.8. The number of carboxylic acids is 1. The summed E-state index contributed by atoms with van der Waals surface area (Å²) in [5, 5.41) is 43.9. The second-order valence-electron chi connectivity index (χ2n) is 19.6. The molecule has 2 aromatic carbocycles. The highest BCUT2D eigenvalue weighted by atomic mass is 33.1. The molecule has 0 spiro atoms. The van der Waals surface area contributed by atoms with E-state index in [4.69, 9.17) is 39.4 Å². The van der Waals surface area contributed by atoms with Crippen molar-refractivity contribution in [2.45, 2.75) is 84.5 Å². The molecule has 83 heavy (non-hydrogen) atoms. The molecular weight excluding hydrogens is 1120 g/mol. The summed E-state index contributed by atoms with van der Waals surface area (Å²) in [7, 11) is 2.51. The molecule has 29 heteroatoms. The normalized spacial score (nSPS) is 12.3. The molecule has 450 valence electrons. The van der Waals surface area contributed by atoms with Gasteiger partial charge in [0.25, 0.3) is 11.5 Å². The van der Waals surface area contributed by atoms with Gasteiger partial charge in [-0.3, -0.25) is 29.5 Å². The Bertz CT molecular complexity index is 3150. The predicted molar refractivity (Wildman–Crippen MR) is 314 cm³/mol. The third-order valence-electron chi connectivity index (χ3n) is 12.4. The minimum absolute atomic E-state index is 0.0198. The summed E-state index contributed by atoms with van der Waals surface area (Å²) >= 11 is 0. The number of ether oxygens (including phenoxy) is 5. The van der Waals surface area contributed by atoms with Crippen molar-refractivity contribution in [3.63, 3.8) is 0 Å². The third kappa shape index (κ3) is 21.2. The molecule has 1 unspecified atom stereocenters. The van der Waals surface area contributed by atoms with Crippen molar-refractivity contribution >= 4 is 102 Å². The number of nitrogens with one attached hydrogen (secondary N) is 6. The number of para-hydroxylation sites is 1. The van der Waals surface area contributed by atoms with Crippen LogP contribution >= 0.6 is 21.6 Å². The van der Waals surface area contributed by atoms with Crippen LogP contribution in [0.25, 0.3) is 33.1 Å². The molecule has 4 aromatic heterocycles. The number of aliphatic hydroxyl groups excluding tert-OH is 2. The Morgan fingerprint density at radius 1 is 0.843 bits per heavy atom. The Morgan fingerprint density at radius 2 is 1.59 bits per heavy atom. The molecule has 4 amide bonds. The zero-order valence-corrected chi connectivity index (χ0v) is 48.2. The number of aliphatic carboxylic acids is 1. The van der Waals surface area contributed by atoms with Gasteiger partial charge < -0.3 is 70.6 Å². The van der Waals surface area contributed by atoms with Gasteiger partial charge in [-0.2, -0.15) is 4.98 Å². The first-order valence-corrected chi connectivity index (χ1v) is 29.5. The Morgan fingerprint density at radius 3 is 2.33 bits per heavy atom. The number of hydrogen-bond acceptors (Lipinski definition) is 22. The highest BCUT2D eigenvalue weighted by Crippen LogP contribution is 2.33. The number of aliphatic hydroxyl groups is 2. The van der Waals surface area contributed by atoms with Crippen LogP contribution in [-0.4, -0.2) is 176 Å². The van der Waals surface area contributed by atoms with E-state index in [9.17, 15) is 44.1 Å². The molecule has 0 fully saturated rings. The molecule has 0 aliphatic rings. The van der Waals surface area contributed by atoms with Gasteiger partial charge in [0.05, 0.1) is 81.8 Å². The maximum absolute atomic E-state index is 13.1. The largest absolute Gasteiger partial charge is 0.480 e. The van der Waals surface area contributed by atoms with E-state index in [1.807, 2.05) is 38.1 Å². The first-order chi connectivity index (χ1) is 40.1. The Hall–Kier alpha value is -7.25. The van der Waals surface area contributed by atoms with Gasteiger partial charge in [0.15, 0.2) is 17.0 Å². The molecule has 0 bridgehead atoms. The van der Waals surface area contributed by atoms with Crippen molar-refractivity contribution < 1.29 is 63.0 Å². The fourth-order valence-electron chi connectivity index (χ4n) is 8.07. The molecule has 0 saturated heterocycles. The number of rotatable bonds is 38. The molecule has 4 heterocycles. The first-order valence-electron chi connectivity index (χ1n) is 27.0. The van der Waals surface area contributed by atoms with Crippen LogP contribution in [0.5, 0.6) is 0 Å². The molecule has 6 rings (SSSR count). The van der Waals surface area contributed by atoms with E-state index >= 15 is 0 Å². The van der Waals surface area contributed by atoms with Crippen molar-refractivity contribution in [1.29, 1.82) is 0 Å². The number of imidazole rings is 1. The highest BCUT2D eigenvalue weighted by molar-refractivity contribution is 8.76. The molecule has 0 aliphatic heterocycles. The van der Waals surface area contributed by atoms with Crippen LogP contribution in [0, 0.1) is 5.41 Å². The number of aromatic amines is 1. The minimum Gasteiger partial charge on any atom is -0.480 e.